The normalized spacial score (nSPS) is 29.1. The maximum absolute atomic E-state index is 13.1. The van der Waals surface area contributed by atoms with E-state index in [1.165, 1.54) is 42.1 Å². The first-order valence-corrected chi connectivity index (χ1v) is 11.4. The lowest BCUT2D eigenvalue weighted by atomic mass is 9.86. The molecule has 1 saturated heterocycles. The molecule has 27 heavy (non-hydrogen) atoms. The van der Waals surface area contributed by atoms with Crippen LogP contribution in [0.3, 0.4) is 0 Å². The Labute approximate surface area is 160 Å². The quantitative estimate of drug-likeness (QED) is 0.789. The molecular formula is C20H27FN2O3S. The molecule has 5 nitrogen and oxygen atoms in total. The molecule has 0 N–H and O–H groups in total. The SMILES string of the molecule is O=C(C[C@H]1C[C@H]2CC[C@H]1C2)N1CCCN(S(=O)(=O)c2ccc(F)cc2)CC1. The Morgan fingerprint density at radius 3 is 2.48 bits per heavy atom. The lowest BCUT2D eigenvalue weighted by Gasteiger charge is -2.26. The van der Waals surface area contributed by atoms with Gasteiger partial charge in [-0.15, -0.1) is 0 Å². The van der Waals surface area contributed by atoms with E-state index in [4.69, 9.17) is 0 Å². The van der Waals surface area contributed by atoms with E-state index in [1.807, 2.05) is 4.90 Å². The van der Waals surface area contributed by atoms with Gasteiger partial charge in [-0.05, 0) is 67.7 Å². The zero-order valence-corrected chi connectivity index (χ0v) is 16.3. The number of hydrogen-bond donors (Lipinski definition) is 0. The Hall–Kier alpha value is -1.47. The Bertz CT molecular complexity index is 796. The Balaban J connectivity index is 1.37. The van der Waals surface area contributed by atoms with Gasteiger partial charge in [0, 0.05) is 32.6 Å². The molecule has 1 aromatic rings. The minimum absolute atomic E-state index is 0.102. The maximum Gasteiger partial charge on any atom is 0.243 e. The van der Waals surface area contributed by atoms with Crippen LogP contribution in [-0.2, 0) is 14.8 Å². The van der Waals surface area contributed by atoms with Gasteiger partial charge in [0.15, 0.2) is 0 Å². The van der Waals surface area contributed by atoms with Gasteiger partial charge < -0.3 is 4.90 Å². The Morgan fingerprint density at radius 1 is 1.04 bits per heavy atom. The lowest BCUT2D eigenvalue weighted by Crippen LogP contribution is -2.38. The van der Waals surface area contributed by atoms with E-state index in [-0.39, 0.29) is 10.8 Å². The average molecular weight is 395 g/mol. The second-order valence-corrected chi connectivity index (χ2v) is 10.2. The first-order chi connectivity index (χ1) is 12.9. The van der Waals surface area contributed by atoms with Crippen molar-refractivity contribution >= 4 is 15.9 Å². The van der Waals surface area contributed by atoms with Gasteiger partial charge in [0.05, 0.1) is 4.90 Å². The average Bonchev–Trinajstić information content (AvgIpc) is 3.16. The van der Waals surface area contributed by atoms with Gasteiger partial charge in [-0.25, -0.2) is 12.8 Å². The predicted molar refractivity (Wildman–Crippen MR) is 99.9 cm³/mol. The number of nitrogens with zero attached hydrogens (tertiary/aromatic N) is 2. The summed E-state index contributed by atoms with van der Waals surface area (Å²) in [5, 5.41) is 0. The molecule has 7 heteroatoms. The molecule has 3 atom stereocenters. The van der Waals surface area contributed by atoms with Crippen LogP contribution in [-0.4, -0.2) is 49.7 Å². The van der Waals surface area contributed by atoms with Gasteiger partial charge in [-0.3, -0.25) is 4.79 Å². The monoisotopic (exact) mass is 394 g/mol. The molecule has 2 aliphatic carbocycles. The van der Waals surface area contributed by atoms with Crippen LogP contribution in [0.1, 0.15) is 38.5 Å². The molecule has 1 aromatic carbocycles. The van der Waals surface area contributed by atoms with E-state index in [1.54, 1.807) is 0 Å². The van der Waals surface area contributed by atoms with Crippen molar-refractivity contribution in [2.75, 3.05) is 26.2 Å². The van der Waals surface area contributed by atoms with Crippen LogP contribution < -0.4 is 0 Å². The second-order valence-electron chi connectivity index (χ2n) is 8.23. The fourth-order valence-electron chi connectivity index (χ4n) is 5.12. The lowest BCUT2D eigenvalue weighted by molar-refractivity contribution is -0.132. The van der Waals surface area contributed by atoms with Crippen LogP contribution in [0.2, 0.25) is 0 Å². The van der Waals surface area contributed by atoms with Crippen molar-refractivity contribution < 1.29 is 17.6 Å². The van der Waals surface area contributed by atoms with E-state index >= 15 is 0 Å². The summed E-state index contributed by atoms with van der Waals surface area (Å²) < 4.78 is 40.1. The Morgan fingerprint density at radius 2 is 1.81 bits per heavy atom. The standard InChI is InChI=1S/C20H27FN2O3S/c21-18-4-6-19(7-5-18)27(25,26)23-9-1-8-22(10-11-23)20(24)14-17-13-15-2-3-16(17)12-15/h4-7,15-17H,1-3,8-14H2/t15-,16-,17+/m0/s1. The number of rotatable bonds is 4. The van der Waals surface area contributed by atoms with E-state index in [0.717, 1.165) is 24.0 Å². The summed E-state index contributed by atoms with van der Waals surface area (Å²) in [6, 6.07) is 4.92. The van der Waals surface area contributed by atoms with Crippen molar-refractivity contribution in [2.24, 2.45) is 17.8 Å². The molecule has 2 bridgehead atoms. The summed E-state index contributed by atoms with van der Waals surface area (Å²) in [5.41, 5.74) is 0. The predicted octanol–water partition coefficient (Wildman–Crippen LogP) is 2.88. The highest BCUT2D eigenvalue weighted by molar-refractivity contribution is 7.89. The van der Waals surface area contributed by atoms with Crippen molar-refractivity contribution in [2.45, 2.75) is 43.4 Å². The smallest absolute Gasteiger partial charge is 0.243 e. The van der Waals surface area contributed by atoms with E-state index < -0.39 is 15.8 Å². The molecule has 2 saturated carbocycles. The molecule has 3 aliphatic rings. The highest BCUT2D eigenvalue weighted by Crippen LogP contribution is 2.49. The third-order valence-electron chi connectivity index (χ3n) is 6.58. The maximum atomic E-state index is 13.1. The van der Waals surface area contributed by atoms with Crippen molar-refractivity contribution in [1.29, 1.82) is 0 Å². The highest BCUT2D eigenvalue weighted by Gasteiger charge is 2.40. The topological polar surface area (TPSA) is 57.7 Å². The highest BCUT2D eigenvalue weighted by atomic mass is 32.2. The summed E-state index contributed by atoms with van der Waals surface area (Å²) in [6.45, 7) is 1.72. The van der Waals surface area contributed by atoms with Crippen molar-refractivity contribution in [3.8, 4) is 0 Å². The molecule has 1 aliphatic heterocycles. The molecule has 0 aromatic heterocycles. The van der Waals surface area contributed by atoms with Gasteiger partial charge in [-0.2, -0.15) is 4.31 Å². The second kappa shape index (κ2) is 7.51. The third kappa shape index (κ3) is 3.90. The largest absolute Gasteiger partial charge is 0.341 e. The van der Waals surface area contributed by atoms with Crippen LogP contribution in [0.4, 0.5) is 4.39 Å². The van der Waals surface area contributed by atoms with Gasteiger partial charge in [0.25, 0.3) is 0 Å². The van der Waals surface area contributed by atoms with Crippen LogP contribution in [0.5, 0.6) is 0 Å². The number of carbonyl (C=O) groups excluding carboxylic acids is 1. The molecule has 148 valence electrons. The molecule has 0 spiro atoms. The number of carbonyl (C=O) groups is 1. The fraction of sp³-hybridized carbons (Fsp3) is 0.650. The van der Waals surface area contributed by atoms with Gasteiger partial charge in [0.1, 0.15) is 5.82 Å². The summed E-state index contributed by atoms with van der Waals surface area (Å²) in [7, 11) is -3.65. The van der Waals surface area contributed by atoms with E-state index in [2.05, 4.69) is 0 Å². The third-order valence-corrected chi connectivity index (χ3v) is 8.49. The summed E-state index contributed by atoms with van der Waals surface area (Å²) in [6.07, 6.45) is 6.33. The first kappa shape index (κ1) is 18.9. The number of halogens is 1. The number of sulfonamides is 1. The molecule has 0 radical (unpaired) electrons. The number of benzene rings is 1. The van der Waals surface area contributed by atoms with E-state index in [9.17, 15) is 17.6 Å². The zero-order valence-electron chi connectivity index (χ0n) is 15.5. The number of fused-ring (bicyclic) bond motifs is 2. The summed E-state index contributed by atoms with van der Waals surface area (Å²) in [4.78, 5) is 14.7. The van der Waals surface area contributed by atoms with E-state index in [0.29, 0.717) is 44.9 Å². The van der Waals surface area contributed by atoms with Crippen molar-refractivity contribution in [3.05, 3.63) is 30.1 Å². The minimum atomic E-state index is -3.65. The molecule has 1 heterocycles. The summed E-state index contributed by atoms with van der Waals surface area (Å²) >= 11 is 0. The molecule has 3 fully saturated rings. The van der Waals surface area contributed by atoms with Crippen LogP contribution in [0, 0.1) is 23.6 Å². The zero-order chi connectivity index (χ0) is 19.0. The molecule has 1 amide bonds. The van der Waals surface area contributed by atoms with Crippen LogP contribution in [0.25, 0.3) is 0 Å². The van der Waals surface area contributed by atoms with Crippen LogP contribution in [0.15, 0.2) is 29.2 Å². The molecule has 0 unspecified atom stereocenters. The fourth-order valence-corrected chi connectivity index (χ4v) is 6.59. The first-order valence-electron chi connectivity index (χ1n) is 9.97. The molecular weight excluding hydrogens is 367 g/mol. The molecule has 4 rings (SSSR count). The number of amides is 1. The van der Waals surface area contributed by atoms with Gasteiger partial charge >= 0.3 is 0 Å². The summed E-state index contributed by atoms with van der Waals surface area (Å²) in [5.74, 6) is 1.80. The Kier molecular flexibility index (Phi) is 5.25. The van der Waals surface area contributed by atoms with Crippen LogP contribution >= 0.6 is 0 Å². The van der Waals surface area contributed by atoms with Crippen molar-refractivity contribution in [3.63, 3.8) is 0 Å². The van der Waals surface area contributed by atoms with Gasteiger partial charge in [-0.1, -0.05) is 6.42 Å². The number of hydrogen-bond acceptors (Lipinski definition) is 3. The van der Waals surface area contributed by atoms with Crippen molar-refractivity contribution in [1.82, 2.24) is 9.21 Å². The van der Waals surface area contributed by atoms with Gasteiger partial charge in [0.2, 0.25) is 15.9 Å². The minimum Gasteiger partial charge on any atom is -0.341 e.